The summed E-state index contributed by atoms with van der Waals surface area (Å²) >= 11 is 0. The van der Waals surface area contributed by atoms with Crippen molar-refractivity contribution in [3.63, 3.8) is 0 Å². The van der Waals surface area contributed by atoms with E-state index >= 15 is 0 Å². The second kappa shape index (κ2) is 9.37. The largest absolute Gasteiger partial charge is 0.352 e. The van der Waals surface area contributed by atoms with E-state index in [-0.39, 0.29) is 16.3 Å². The normalized spacial score (nSPS) is 21.5. The molecule has 158 valence electrons. The molecule has 0 unspecified atom stereocenters. The average Bonchev–Trinajstić information content (AvgIpc) is 2.59. The van der Waals surface area contributed by atoms with Gasteiger partial charge in [-0.3, -0.25) is 4.79 Å². The Bertz CT molecular complexity index is 744. The third-order valence-corrected chi connectivity index (χ3v) is 6.86. The highest BCUT2D eigenvalue weighted by Gasteiger charge is 2.31. The first-order valence-corrected chi connectivity index (χ1v) is 11.7. The first kappa shape index (κ1) is 22.8. The molecule has 7 heteroatoms. The number of sulfonamides is 1. The average molecular weight is 411 g/mol. The van der Waals surface area contributed by atoms with Gasteiger partial charge in [0.05, 0.1) is 17.0 Å². The van der Waals surface area contributed by atoms with E-state index in [9.17, 15) is 13.2 Å². The van der Waals surface area contributed by atoms with Gasteiger partial charge in [-0.2, -0.15) is 4.31 Å². The summed E-state index contributed by atoms with van der Waals surface area (Å²) in [6, 6.07) is 6.28. The Labute approximate surface area is 170 Å². The number of nitrogens with one attached hydrogen (secondary N) is 1. The van der Waals surface area contributed by atoms with Gasteiger partial charge < -0.3 is 10.6 Å². The van der Waals surface area contributed by atoms with Gasteiger partial charge in [0.25, 0.3) is 5.91 Å². The van der Waals surface area contributed by atoms with Crippen LogP contribution in [0.15, 0.2) is 29.2 Å². The third-order valence-electron chi connectivity index (χ3n) is 5.01. The van der Waals surface area contributed by atoms with Crippen LogP contribution in [0.25, 0.3) is 0 Å². The van der Waals surface area contributed by atoms with Crippen LogP contribution in [0.5, 0.6) is 0 Å². The highest BCUT2D eigenvalue weighted by Crippen LogP contribution is 2.26. The first-order valence-electron chi connectivity index (χ1n) is 10.2. The number of hydrogen-bond acceptors (Lipinski definition) is 3. The molecule has 0 aromatic heterocycles. The number of nitrogens with two attached hydrogens (primary N) is 1. The van der Waals surface area contributed by atoms with Crippen LogP contribution < -0.4 is 10.6 Å². The van der Waals surface area contributed by atoms with Crippen molar-refractivity contribution >= 4 is 15.9 Å². The van der Waals surface area contributed by atoms with E-state index in [1.54, 1.807) is 28.6 Å². The van der Waals surface area contributed by atoms with E-state index in [2.05, 4.69) is 45.3 Å². The summed E-state index contributed by atoms with van der Waals surface area (Å²) in [6.45, 7) is 13.3. The smallest absolute Gasteiger partial charge is 0.251 e. The number of nitrogens with zero attached hydrogens (tertiary/aromatic N) is 1. The van der Waals surface area contributed by atoms with E-state index in [0.29, 0.717) is 37.0 Å². The van der Waals surface area contributed by atoms with Crippen molar-refractivity contribution in [1.82, 2.24) is 9.62 Å². The van der Waals surface area contributed by atoms with Crippen molar-refractivity contribution in [2.45, 2.75) is 57.9 Å². The van der Waals surface area contributed by atoms with Gasteiger partial charge in [0.15, 0.2) is 0 Å². The molecule has 6 nitrogen and oxygen atoms in total. The van der Waals surface area contributed by atoms with E-state index in [1.807, 2.05) is 0 Å². The number of carbonyl (C=O) groups excluding carboxylic acids is 1. The Hall–Kier alpha value is -1.44. The SMILES string of the molecule is C[C@@H]1C[C@@H](C)CN(S(=O)(=O)c2ccc(C(=O)NCCC[NH2+]C(C)(C)C)cc2)C1. The van der Waals surface area contributed by atoms with Crippen LogP contribution in [-0.2, 0) is 10.0 Å². The van der Waals surface area contributed by atoms with Gasteiger partial charge in [-0.05, 0) is 63.3 Å². The molecule has 2 rings (SSSR count). The van der Waals surface area contributed by atoms with Crippen molar-refractivity contribution in [3.8, 4) is 0 Å². The first-order chi connectivity index (χ1) is 13.0. The summed E-state index contributed by atoms with van der Waals surface area (Å²) in [5.74, 6) is 0.554. The second-order valence-electron chi connectivity index (χ2n) is 9.26. The maximum atomic E-state index is 12.9. The molecule has 1 heterocycles. The molecule has 0 aliphatic carbocycles. The molecule has 1 saturated heterocycles. The molecule has 0 spiro atoms. The van der Waals surface area contributed by atoms with Crippen molar-refractivity contribution in [2.75, 3.05) is 26.2 Å². The topological polar surface area (TPSA) is 83.1 Å². The standard InChI is InChI=1S/C21H35N3O3S/c1-16-13-17(2)15-24(14-16)28(26,27)19-9-7-18(8-10-19)20(25)22-11-6-12-23-21(3,4)5/h7-10,16-17,23H,6,11-15H2,1-5H3,(H,22,25)/p+1/t16-,17-/m1/s1. The van der Waals surface area contributed by atoms with E-state index in [0.717, 1.165) is 19.4 Å². The molecule has 2 atom stereocenters. The van der Waals surface area contributed by atoms with Gasteiger partial charge in [-0.15, -0.1) is 0 Å². The zero-order valence-electron chi connectivity index (χ0n) is 17.9. The molecule has 3 N–H and O–H groups in total. The maximum absolute atomic E-state index is 12.9. The molecule has 1 amide bonds. The maximum Gasteiger partial charge on any atom is 0.251 e. The van der Waals surface area contributed by atoms with Gasteiger partial charge in [0, 0.05) is 31.6 Å². The van der Waals surface area contributed by atoms with Gasteiger partial charge >= 0.3 is 0 Å². The fourth-order valence-corrected chi connectivity index (χ4v) is 5.35. The van der Waals surface area contributed by atoms with Crippen molar-refractivity contribution in [3.05, 3.63) is 29.8 Å². The number of amides is 1. The van der Waals surface area contributed by atoms with Crippen LogP contribution in [0.3, 0.4) is 0 Å². The number of carbonyl (C=O) groups is 1. The minimum atomic E-state index is -3.51. The Morgan fingerprint density at radius 2 is 1.71 bits per heavy atom. The summed E-state index contributed by atoms with van der Waals surface area (Å²) in [5, 5.41) is 5.15. The Morgan fingerprint density at radius 3 is 2.25 bits per heavy atom. The van der Waals surface area contributed by atoms with Crippen LogP contribution in [0.2, 0.25) is 0 Å². The van der Waals surface area contributed by atoms with E-state index < -0.39 is 10.0 Å². The van der Waals surface area contributed by atoms with Crippen molar-refractivity contribution in [1.29, 1.82) is 0 Å². The predicted molar refractivity (Wildman–Crippen MR) is 112 cm³/mol. The number of benzene rings is 1. The third kappa shape index (κ3) is 6.57. The number of rotatable bonds is 7. The summed E-state index contributed by atoms with van der Waals surface area (Å²) in [6.07, 6.45) is 1.94. The van der Waals surface area contributed by atoms with Crippen LogP contribution in [-0.4, -0.2) is 50.3 Å². The molecular formula is C21H36N3O3S+. The molecule has 1 aliphatic heterocycles. The monoisotopic (exact) mass is 410 g/mol. The molecule has 1 fully saturated rings. The summed E-state index contributed by atoms with van der Waals surface area (Å²) in [5.41, 5.74) is 0.675. The Kier molecular flexibility index (Phi) is 7.65. The summed E-state index contributed by atoms with van der Waals surface area (Å²) in [4.78, 5) is 12.5. The zero-order valence-corrected chi connectivity index (χ0v) is 18.7. The zero-order chi connectivity index (χ0) is 20.9. The predicted octanol–water partition coefficient (Wildman–Crippen LogP) is 1.84. The molecule has 0 bridgehead atoms. The molecule has 0 radical (unpaired) electrons. The highest BCUT2D eigenvalue weighted by atomic mass is 32.2. The lowest BCUT2D eigenvalue weighted by molar-refractivity contribution is -0.717. The van der Waals surface area contributed by atoms with Crippen molar-refractivity contribution < 1.29 is 18.5 Å². The van der Waals surface area contributed by atoms with E-state index in [1.165, 1.54) is 0 Å². The van der Waals surface area contributed by atoms with Gasteiger partial charge in [-0.25, -0.2) is 8.42 Å². The lowest BCUT2D eigenvalue weighted by Crippen LogP contribution is -2.94. The van der Waals surface area contributed by atoms with Crippen molar-refractivity contribution in [2.24, 2.45) is 11.8 Å². The highest BCUT2D eigenvalue weighted by molar-refractivity contribution is 7.89. The Morgan fingerprint density at radius 1 is 1.14 bits per heavy atom. The lowest BCUT2D eigenvalue weighted by Gasteiger charge is -2.34. The van der Waals surface area contributed by atoms with Crippen LogP contribution in [0.1, 0.15) is 57.8 Å². The van der Waals surface area contributed by atoms with Gasteiger partial charge in [0.2, 0.25) is 10.0 Å². The fraction of sp³-hybridized carbons (Fsp3) is 0.667. The molecule has 1 aromatic rings. The number of quaternary nitrogens is 1. The molecule has 1 aromatic carbocycles. The van der Waals surface area contributed by atoms with Gasteiger partial charge in [0.1, 0.15) is 0 Å². The van der Waals surface area contributed by atoms with E-state index in [4.69, 9.17) is 0 Å². The molecule has 0 saturated carbocycles. The summed E-state index contributed by atoms with van der Waals surface area (Å²) in [7, 11) is -3.51. The number of piperidine rings is 1. The molecule has 1 aliphatic rings. The fourth-order valence-electron chi connectivity index (χ4n) is 3.67. The summed E-state index contributed by atoms with van der Waals surface area (Å²) < 4.78 is 27.4. The number of hydrogen-bond donors (Lipinski definition) is 2. The van der Waals surface area contributed by atoms with Crippen LogP contribution in [0.4, 0.5) is 0 Å². The van der Waals surface area contributed by atoms with Gasteiger partial charge in [-0.1, -0.05) is 13.8 Å². The van der Waals surface area contributed by atoms with Crippen LogP contribution in [0, 0.1) is 11.8 Å². The second-order valence-corrected chi connectivity index (χ2v) is 11.2. The van der Waals surface area contributed by atoms with Crippen LogP contribution >= 0.6 is 0 Å². The minimum Gasteiger partial charge on any atom is -0.352 e. The quantitative estimate of drug-likeness (QED) is 0.673. The minimum absolute atomic E-state index is 0.167. The Balaban J connectivity index is 1.92. The molecule has 28 heavy (non-hydrogen) atoms. The molecular weight excluding hydrogens is 374 g/mol. The lowest BCUT2D eigenvalue weighted by atomic mass is 9.94.